The third-order valence-corrected chi connectivity index (χ3v) is 6.14. The highest BCUT2D eigenvalue weighted by molar-refractivity contribution is 8.15. The Bertz CT molecular complexity index is 1050. The lowest BCUT2D eigenvalue weighted by Crippen LogP contribution is -2.28. The molecule has 0 saturated carbocycles. The average Bonchev–Trinajstić information content (AvgIpc) is 3.00. The van der Waals surface area contributed by atoms with Crippen LogP contribution in [0.4, 0.5) is 18.0 Å². The molecule has 0 aliphatic carbocycles. The molecule has 1 atom stereocenters. The lowest BCUT2D eigenvalue weighted by atomic mass is 10.1. The van der Waals surface area contributed by atoms with Crippen LogP contribution in [-0.4, -0.2) is 36.9 Å². The van der Waals surface area contributed by atoms with E-state index in [0.29, 0.717) is 24.2 Å². The monoisotopic (exact) mass is 475 g/mol. The normalized spacial score (nSPS) is 16.8. The van der Waals surface area contributed by atoms with Gasteiger partial charge in [-0.1, -0.05) is 36.0 Å². The number of ether oxygens (including phenoxy) is 1. The van der Waals surface area contributed by atoms with Crippen molar-refractivity contribution in [1.29, 1.82) is 0 Å². The summed E-state index contributed by atoms with van der Waals surface area (Å²) in [6.45, 7) is 0.274. The van der Waals surface area contributed by atoms with Crippen molar-refractivity contribution < 1.29 is 40.1 Å². The Balaban J connectivity index is 1.47. The summed E-state index contributed by atoms with van der Waals surface area (Å²) in [5.74, 6) is -0.157. The molecule has 1 saturated heterocycles. The first-order chi connectivity index (χ1) is 14.5. The van der Waals surface area contributed by atoms with Gasteiger partial charge in [-0.3, -0.25) is 14.9 Å². The zero-order chi connectivity index (χ0) is 22.6. The first-order valence-electron chi connectivity index (χ1n) is 8.86. The van der Waals surface area contributed by atoms with E-state index in [0.717, 1.165) is 29.5 Å². The lowest BCUT2D eigenvalue weighted by molar-refractivity contribution is -0.118. The van der Waals surface area contributed by atoms with Crippen LogP contribution in [0.15, 0.2) is 48.5 Å². The highest BCUT2D eigenvalue weighted by atomic mass is 32.2. The summed E-state index contributed by atoms with van der Waals surface area (Å²) in [6, 6.07) is 12.2. The highest BCUT2D eigenvalue weighted by Crippen LogP contribution is 2.27. The van der Waals surface area contributed by atoms with E-state index in [1.54, 1.807) is 24.3 Å². The highest BCUT2D eigenvalue weighted by Gasteiger charge is 2.48. The van der Waals surface area contributed by atoms with Crippen LogP contribution in [0.2, 0.25) is 0 Å². The van der Waals surface area contributed by atoms with E-state index in [-0.39, 0.29) is 17.8 Å². The molecule has 0 radical (unpaired) electrons. The summed E-state index contributed by atoms with van der Waals surface area (Å²) in [5, 5.41) is 1.44. The van der Waals surface area contributed by atoms with Crippen LogP contribution in [0.5, 0.6) is 11.5 Å². The Kier molecular flexibility index (Phi) is 6.80. The molecule has 0 aromatic heterocycles. The standard InChI is InChI=1S/C19H16F3NO6S2/c20-19(21,22)31(26,27)29-15-7-1-12(2-8-15)9-10-28-14-5-3-13(4-6-14)11-16-17(24)23-18(25)30-16/h1-8,16H,9-11H2,(H,23,24,25). The smallest absolute Gasteiger partial charge is 0.493 e. The zero-order valence-corrected chi connectivity index (χ0v) is 17.4. The second-order valence-electron chi connectivity index (χ2n) is 6.46. The Morgan fingerprint density at radius 1 is 0.935 bits per heavy atom. The molecule has 2 aromatic rings. The van der Waals surface area contributed by atoms with Crippen molar-refractivity contribution >= 4 is 33.0 Å². The number of halogens is 3. The van der Waals surface area contributed by atoms with E-state index in [1.807, 2.05) is 0 Å². The molecule has 166 valence electrons. The molecule has 1 N–H and O–H groups in total. The van der Waals surface area contributed by atoms with Crippen LogP contribution in [-0.2, 0) is 27.8 Å². The summed E-state index contributed by atoms with van der Waals surface area (Å²) in [4.78, 5) is 22.8. The third kappa shape index (κ3) is 6.14. The van der Waals surface area contributed by atoms with E-state index < -0.39 is 26.6 Å². The van der Waals surface area contributed by atoms with Gasteiger partial charge in [0.15, 0.2) is 0 Å². The van der Waals surface area contributed by atoms with Gasteiger partial charge in [-0.2, -0.15) is 21.6 Å². The van der Waals surface area contributed by atoms with Gasteiger partial charge in [0, 0.05) is 6.42 Å². The predicted molar refractivity (Wildman–Crippen MR) is 106 cm³/mol. The molecule has 1 aliphatic rings. The molecule has 1 fully saturated rings. The minimum Gasteiger partial charge on any atom is -0.493 e. The van der Waals surface area contributed by atoms with Crippen LogP contribution >= 0.6 is 11.8 Å². The zero-order valence-electron chi connectivity index (χ0n) is 15.7. The number of carbonyl (C=O) groups excluding carboxylic acids is 2. The number of carbonyl (C=O) groups is 2. The van der Waals surface area contributed by atoms with E-state index in [1.165, 1.54) is 12.1 Å². The number of nitrogens with one attached hydrogen (secondary N) is 1. The fraction of sp³-hybridized carbons (Fsp3) is 0.263. The maximum atomic E-state index is 12.3. The number of imide groups is 1. The van der Waals surface area contributed by atoms with E-state index in [2.05, 4.69) is 9.50 Å². The van der Waals surface area contributed by atoms with Crippen molar-refractivity contribution in [3.05, 3.63) is 59.7 Å². The molecule has 0 bridgehead atoms. The van der Waals surface area contributed by atoms with Gasteiger partial charge in [0.2, 0.25) is 5.91 Å². The van der Waals surface area contributed by atoms with Gasteiger partial charge in [-0.15, -0.1) is 0 Å². The van der Waals surface area contributed by atoms with Gasteiger partial charge in [0.25, 0.3) is 5.24 Å². The lowest BCUT2D eigenvalue weighted by Gasteiger charge is -2.10. The Morgan fingerprint density at radius 3 is 2.06 bits per heavy atom. The van der Waals surface area contributed by atoms with Gasteiger partial charge in [0.05, 0.1) is 11.9 Å². The summed E-state index contributed by atoms with van der Waals surface area (Å²) in [6.07, 6.45) is 0.843. The SMILES string of the molecule is O=C1NC(=O)C(Cc2ccc(OCCc3ccc(OS(=O)(=O)C(F)(F)F)cc3)cc2)S1. The van der Waals surface area contributed by atoms with Crippen molar-refractivity contribution in [3.63, 3.8) is 0 Å². The molecular weight excluding hydrogens is 459 g/mol. The van der Waals surface area contributed by atoms with Crippen LogP contribution in [0.25, 0.3) is 0 Å². The topological polar surface area (TPSA) is 98.8 Å². The van der Waals surface area contributed by atoms with Crippen LogP contribution in [0.1, 0.15) is 11.1 Å². The van der Waals surface area contributed by atoms with E-state index >= 15 is 0 Å². The second-order valence-corrected chi connectivity index (χ2v) is 9.17. The molecule has 0 spiro atoms. The Labute approximate surface area is 180 Å². The third-order valence-electron chi connectivity index (χ3n) is 4.18. The minimum atomic E-state index is -5.70. The first-order valence-corrected chi connectivity index (χ1v) is 11.2. The van der Waals surface area contributed by atoms with Crippen LogP contribution in [0.3, 0.4) is 0 Å². The molecule has 1 unspecified atom stereocenters. The number of thioether (sulfide) groups is 1. The van der Waals surface area contributed by atoms with Crippen molar-refractivity contribution in [1.82, 2.24) is 5.32 Å². The van der Waals surface area contributed by atoms with E-state index in [9.17, 15) is 31.2 Å². The van der Waals surface area contributed by atoms with Gasteiger partial charge in [-0.05, 0) is 41.8 Å². The number of rotatable bonds is 8. The molecule has 3 rings (SSSR count). The van der Waals surface area contributed by atoms with Crippen LogP contribution < -0.4 is 14.2 Å². The molecule has 2 aromatic carbocycles. The summed E-state index contributed by atoms with van der Waals surface area (Å²) in [7, 11) is -5.70. The van der Waals surface area contributed by atoms with Crippen molar-refractivity contribution in [2.24, 2.45) is 0 Å². The molecule has 7 nitrogen and oxygen atoms in total. The summed E-state index contributed by atoms with van der Waals surface area (Å²) in [5.41, 5.74) is -3.91. The maximum Gasteiger partial charge on any atom is 0.534 e. The number of benzene rings is 2. The predicted octanol–water partition coefficient (Wildman–Crippen LogP) is 3.43. The molecule has 31 heavy (non-hydrogen) atoms. The molecule has 2 amide bonds. The minimum absolute atomic E-state index is 0.274. The van der Waals surface area contributed by atoms with Gasteiger partial charge >= 0.3 is 15.6 Å². The first kappa shape index (κ1) is 22.9. The summed E-state index contributed by atoms with van der Waals surface area (Å²) >= 11 is 0.960. The average molecular weight is 475 g/mol. The van der Waals surface area contributed by atoms with Crippen LogP contribution in [0, 0.1) is 0 Å². The van der Waals surface area contributed by atoms with Crippen molar-refractivity contribution in [2.45, 2.75) is 23.6 Å². The fourth-order valence-electron chi connectivity index (χ4n) is 2.64. The second kappa shape index (κ2) is 9.18. The summed E-state index contributed by atoms with van der Waals surface area (Å²) < 4.78 is 68.6. The van der Waals surface area contributed by atoms with Gasteiger partial charge in [-0.25, -0.2) is 0 Å². The number of alkyl halides is 3. The largest absolute Gasteiger partial charge is 0.534 e. The molecule has 1 aliphatic heterocycles. The number of hydrogen-bond acceptors (Lipinski definition) is 7. The molecule has 1 heterocycles. The van der Waals surface area contributed by atoms with Gasteiger partial charge < -0.3 is 8.92 Å². The fourth-order valence-corrected chi connectivity index (χ4v) is 3.95. The Morgan fingerprint density at radius 2 is 1.52 bits per heavy atom. The number of hydrogen-bond donors (Lipinski definition) is 1. The van der Waals surface area contributed by atoms with E-state index in [4.69, 9.17) is 4.74 Å². The van der Waals surface area contributed by atoms with Crippen molar-refractivity contribution in [2.75, 3.05) is 6.61 Å². The maximum absolute atomic E-state index is 12.3. The number of amides is 2. The van der Waals surface area contributed by atoms with Crippen molar-refractivity contribution in [3.8, 4) is 11.5 Å². The Hall–Kier alpha value is -2.73. The molecule has 12 heteroatoms. The quantitative estimate of drug-likeness (QED) is 0.461. The molecular formula is C19H16F3NO6S2. The van der Waals surface area contributed by atoms with Gasteiger partial charge in [0.1, 0.15) is 11.5 Å².